The predicted octanol–water partition coefficient (Wildman–Crippen LogP) is 7.43. The van der Waals surface area contributed by atoms with Gasteiger partial charge in [-0.05, 0) is 116 Å². The Hall–Kier alpha value is -1.40. The van der Waals surface area contributed by atoms with Crippen LogP contribution in [0.4, 0.5) is 8.78 Å². The number of halogens is 4. The Kier molecular flexibility index (Phi) is 12.4. The van der Waals surface area contributed by atoms with Crippen LogP contribution in [0.1, 0.15) is 47.3 Å². The molecule has 2 saturated heterocycles. The lowest BCUT2D eigenvalue weighted by Gasteiger charge is -2.34. The Morgan fingerprint density at radius 3 is 2.12 bits per heavy atom. The number of nitrogens with zero attached hydrogens (tertiary/aromatic N) is 3. The van der Waals surface area contributed by atoms with Gasteiger partial charge in [-0.25, -0.2) is 13.8 Å². The van der Waals surface area contributed by atoms with E-state index in [0.29, 0.717) is 27.2 Å². The summed E-state index contributed by atoms with van der Waals surface area (Å²) in [5.74, 6) is 4.07. The fourth-order valence-electron chi connectivity index (χ4n) is 4.68. The van der Waals surface area contributed by atoms with Crippen LogP contribution in [0.3, 0.4) is 0 Å². The Labute approximate surface area is 260 Å². The largest absolute Gasteiger partial charge is 0.340 e. The van der Waals surface area contributed by atoms with E-state index in [2.05, 4.69) is 42.2 Å². The Morgan fingerprint density at radius 1 is 0.975 bits per heavy atom. The number of thioether (sulfide) groups is 2. The average molecular weight is 717 g/mol. The number of nitrogens with one attached hydrogen (secondary N) is 1. The van der Waals surface area contributed by atoms with Crippen molar-refractivity contribution in [3.63, 3.8) is 0 Å². The van der Waals surface area contributed by atoms with Crippen molar-refractivity contribution in [1.29, 1.82) is 0 Å². The summed E-state index contributed by atoms with van der Waals surface area (Å²) in [5.41, 5.74) is 2.49. The number of rotatable bonds is 7. The van der Waals surface area contributed by atoms with Crippen LogP contribution in [-0.2, 0) is 20.1 Å². The molecule has 2 aliphatic heterocycles. The molecule has 3 heterocycles. The van der Waals surface area contributed by atoms with E-state index < -0.39 is 0 Å². The van der Waals surface area contributed by atoms with Crippen LogP contribution >= 0.6 is 55.4 Å². The zero-order valence-corrected chi connectivity index (χ0v) is 27.2. The molecule has 0 spiro atoms. The minimum absolute atomic E-state index is 0.0621. The lowest BCUT2D eigenvalue weighted by Crippen LogP contribution is -2.42. The van der Waals surface area contributed by atoms with Crippen molar-refractivity contribution in [3.05, 3.63) is 86.3 Å². The fourth-order valence-corrected chi connectivity index (χ4v) is 7.72. The molecule has 2 fully saturated rings. The quantitative estimate of drug-likeness (QED) is 0.276. The van der Waals surface area contributed by atoms with Crippen LogP contribution in [0.5, 0.6) is 0 Å². The molecular formula is C29H34Br2F2N4OS2. The van der Waals surface area contributed by atoms with E-state index in [9.17, 15) is 13.6 Å². The van der Waals surface area contributed by atoms with E-state index in [-0.39, 0.29) is 23.6 Å². The van der Waals surface area contributed by atoms with Crippen LogP contribution in [0, 0.1) is 11.6 Å². The van der Waals surface area contributed by atoms with E-state index >= 15 is 0 Å². The second kappa shape index (κ2) is 15.7. The van der Waals surface area contributed by atoms with Crippen molar-refractivity contribution in [2.75, 3.05) is 23.0 Å². The van der Waals surface area contributed by atoms with Gasteiger partial charge in [0.05, 0.1) is 15.3 Å². The molecule has 5 rings (SSSR count). The second-order valence-electron chi connectivity index (χ2n) is 9.97. The maximum Gasteiger partial charge on any atom is 0.274 e. The molecule has 216 valence electrons. The standard InChI is InChI=1S/C17H19BrFN3OS.C12H15BrFNS/c1-21-10-16(20-11-21)17(23)22(13-4-6-24-7-5-13)9-12-2-3-15(19)14(18)8-12;13-11-7-9(1-2-12(11)14)8-15-10-3-5-16-6-4-10/h2-3,8,10-11,13H,4-7,9H2,1H3;1-2,7,10,15H,3-6,8H2. The first kappa shape index (κ1) is 31.5. The van der Waals surface area contributed by atoms with Gasteiger partial charge < -0.3 is 14.8 Å². The zero-order chi connectivity index (χ0) is 28.5. The van der Waals surface area contributed by atoms with E-state index in [0.717, 1.165) is 42.0 Å². The third-order valence-corrected chi connectivity index (χ3v) is 10.3. The number of imidazole rings is 1. The van der Waals surface area contributed by atoms with E-state index in [1.807, 2.05) is 47.6 Å². The van der Waals surface area contributed by atoms with Gasteiger partial charge in [0.15, 0.2) is 0 Å². The van der Waals surface area contributed by atoms with Crippen LogP contribution in [0.25, 0.3) is 0 Å². The molecule has 0 aliphatic carbocycles. The maximum absolute atomic E-state index is 13.5. The van der Waals surface area contributed by atoms with Gasteiger partial charge >= 0.3 is 0 Å². The highest BCUT2D eigenvalue weighted by atomic mass is 79.9. The van der Waals surface area contributed by atoms with Crippen LogP contribution < -0.4 is 5.32 Å². The van der Waals surface area contributed by atoms with Crippen LogP contribution in [0.15, 0.2) is 57.9 Å². The van der Waals surface area contributed by atoms with Gasteiger partial charge in [-0.15, -0.1) is 0 Å². The van der Waals surface area contributed by atoms with Crippen LogP contribution in [-0.4, -0.2) is 55.5 Å². The number of benzene rings is 2. The molecule has 40 heavy (non-hydrogen) atoms. The highest BCUT2D eigenvalue weighted by molar-refractivity contribution is 9.10. The summed E-state index contributed by atoms with van der Waals surface area (Å²) < 4.78 is 29.2. The summed E-state index contributed by atoms with van der Waals surface area (Å²) in [6.45, 7) is 1.29. The van der Waals surface area contributed by atoms with Gasteiger partial charge in [-0.2, -0.15) is 23.5 Å². The highest BCUT2D eigenvalue weighted by Gasteiger charge is 2.28. The third kappa shape index (κ3) is 9.31. The van der Waals surface area contributed by atoms with Crippen molar-refractivity contribution < 1.29 is 13.6 Å². The molecule has 1 amide bonds. The monoisotopic (exact) mass is 714 g/mol. The lowest BCUT2D eigenvalue weighted by atomic mass is 10.1. The molecule has 2 aliphatic rings. The summed E-state index contributed by atoms with van der Waals surface area (Å²) in [6.07, 6.45) is 7.82. The summed E-state index contributed by atoms with van der Waals surface area (Å²) in [5, 5.41) is 3.53. The minimum Gasteiger partial charge on any atom is -0.340 e. The summed E-state index contributed by atoms with van der Waals surface area (Å²) in [4.78, 5) is 19.1. The Balaban J connectivity index is 0.000000201. The molecule has 1 aromatic heterocycles. The fraction of sp³-hybridized carbons (Fsp3) is 0.448. The number of aromatic nitrogens is 2. The molecule has 3 aromatic rings. The maximum atomic E-state index is 13.5. The first-order chi connectivity index (χ1) is 19.3. The summed E-state index contributed by atoms with van der Waals surface area (Å²) in [7, 11) is 1.85. The van der Waals surface area contributed by atoms with Gasteiger partial charge in [-0.3, -0.25) is 4.79 Å². The second-order valence-corrected chi connectivity index (χ2v) is 14.1. The topological polar surface area (TPSA) is 50.2 Å². The average Bonchev–Trinajstić information content (AvgIpc) is 3.41. The number of aryl methyl sites for hydroxylation is 1. The summed E-state index contributed by atoms with van der Waals surface area (Å²) in [6, 6.07) is 10.9. The van der Waals surface area contributed by atoms with E-state index in [1.54, 1.807) is 29.2 Å². The minimum atomic E-state index is -0.296. The molecule has 0 atom stereocenters. The van der Waals surface area contributed by atoms with Crippen molar-refractivity contribution in [2.45, 2.75) is 50.9 Å². The molecule has 0 saturated carbocycles. The van der Waals surface area contributed by atoms with Crippen molar-refractivity contribution in [3.8, 4) is 0 Å². The smallest absolute Gasteiger partial charge is 0.274 e. The SMILES string of the molecule is Cn1cnc(C(=O)N(Cc2ccc(F)c(Br)c2)C2CCSCC2)c1.Fc1ccc(CNC2CCSCC2)cc1Br. The molecule has 2 aromatic carbocycles. The predicted molar refractivity (Wildman–Crippen MR) is 169 cm³/mol. The van der Waals surface area contributed by atoms with Crippen LogP contribution in [0.2, 0.25) is 0 Å². The molecule has 1 N–H and O–H groups in total. The van der Waals surface area contributed by atoms with E-state index in [4.69, 9.17) is 0 Å². The molecule has 0 radical (unpaired) electrons. The zero-order valence-electron chi connectivity index (χ0n) is 22.4. The first-order valence-corrected chi connectivity index (χ1v) is 17.3. The van der Waals surface area contributed by atoms with Gasteiger partial charge in [0.2, 0.25) is 0 Å². The molecule has 0 unspecified atom stereocenters. The normalized spacial score (nSPS) is 16.3. The molecular weight excluding hydrogens is 682 g/mol. The van der Waals surface area contributed by atoms with Gasteiger partial charge in [0, 0.05) is 38.4 Å². The van der Waals surface area contributed by atoms with Gasteiger partial charge in [-0.1, -0.05) is 12.1 Å². The first-order valence-electron chi connectivity index (χ1n) is 13.4. The number of hydrogen-bond acceptors (Lipinski definition) is 5. The number of carbonyl (C=O) groups excluding carboxylic acids is 1. The highest BCUT2D eigenvalue weighted by Crippen LogP contribution is 2.26. The number of carbonyl (C=O) groups is 1. The summed E-state index contributed by atoms with van der Waals surface area (Å²) >= 11 is 10.4. The number of amides is 1. The van der Waals surface area contributed by atoms with Gasteiger partial charge in [0.1, 0.15) is 17.3 Å². The van der Waals surface area contributed by atoms with Crippen molar-refractivity contribution >= 4 is 61.3 Å². The molecule has 11 heteroatoms. The number of hydrogen-bond donors (Lipinski definition) is 1. The molecule has 5 nitrogen and oxygen atoms in total. The van der Waals surface area contributed by atoms with E-state index in [1.165, 1.54) is 36.5 Å². The van der Waals surface area contributed by atoms with Crippen molar-refractivity contribution in [2.24, 2.45) is 7.05 Å². The lowest BCUT2D eigenvalue weighted by molar-refractivity contribution is 0.0643. The molecule has 0 bridgehead atoms. The third-order valence-electron chi connectivity index (χ3n) is 6.95. The Bertz CT molecular complexity index is 1270. The van der Waals surface area contributed by atoms with Crippen molar-refractivity contribution in [1.82, 2.24) is 19.8 Å². The Morgan fingerprint density at radius 2 is 1.55 bits per heavy atom. The van der Waals surface area contributed by atoms with Gasteiger partial charge in [0.25, 0.3) is 5.91 Å².